The number of carbonyl (C=O) groups is 1. The minimum Gasteiger partial charge on any atom is -0.449 e. The van der Waals surface area contributed by atoms with Gasteiger partial charge in [0.15, 0.2) is 6.10 Å². The molecule has 0 saturated carbocycles. The van der Waals surface area contributed by atoms with E-state index in [0.29, 0.717) is 5.58 Å². The van der Waals surface area contributed by atoms with Crippen LogP contribution in [0, 0.1) is 11.3 Å². The summed E-state index contributed by atoms with van der Waals surface area (Å²) in [6.45, 7) is 1.50. The lowest BCUT2D eigenvalue weighted by atomic mass is 10.2. The molecule has 1 aromatic heterocycles. The van der Waals surface area contributed by atoms with Gasteiger partial charge in [0.2, 0.25) is 5.76 Å². The van der Waals surface area contributed by atoms with Crippen molar-refractivity contribution in [2.24, 2.45) is 0 Å². The first-order chi connectivity index (χ1) is 7.70. The molecule has 0 aliphatic heterocycles. The van der Waals surface area contributed by atoms with Gasteiger partial charge < -0.3 is 9.15 Å². The van der Waals surface area contributed by atoms with Crippen LogP contribution in [0.15, 0.2) is 34.7 Å². The minimum absolute atomic E-state index is 0.114. The normalized spacial score (nSPS) is 12.0. The van der Waals surface area contributed by atoms with Gasteiger partial charge in [-0.15, -0.1) is 0 Å². The highest BCUT2D eigenvalue weighted by Crippen LogP contribution is 2.19. The van der Waals surface area contributed by atoms with Gasteiger partial charge in [-0.2, -0.15) is 5.26 Å². The predicted molar refractivity (Wildman–Crippen MR) is 56.7 cm³/mol. The van der Waals surface area contributed by atoms with Gasteiger partial charge in [0.1, 0.15) is 11.7 Å². The first-order valence-corrected chi connectivity index (χ1v) is 4.80. The summed E-state index contributed by atoms with van der Waals surface area (Å²) in [5.41, 5.74) is 0.624. The van der Waals surface area contributed by atoms with Crippen LogP contribution >= 0.6 is 0 Å². The van der Waals surface area contributed by atoms with Crippen molar-refractivity contribution in [1.29, 1.82) is 5.26 Å². The van der Waals surface area contributed by atoms with Crippen molar-refractivity contribution in [2.75, 3.05) is 0 Å². The fourth-order valence-electron chi connectivity index (χ4n) is 1.33. The van der Waals surface area contributed by atoms with Crippen LogP contribution < -0.4 is 0 Å². The second kappa shape index (κ2) is 4.07. The number of benzene rings is 1. The van der Waals surface area contributed by atoms with E-state index in [2.05, 4.69) is 0 Å². The fraction of sp³-hybridized carbons (Fsp3) is 0.167. The molecule has 2 aromatic rings. The molecule has 0 bridgehead atoms. The molecule has 1 atom stereocenters. The van der Waals surface area contributed by atoms with E-state index in [1.165, 1.54) is 6.92 Å². The maximum absolute atomic E-state index is 11.5. The van der Waals surface area contributed by atoms with Gasteiger partial charge in [0.25, 0.3) is 0 Å². The molecular weight excluding hydrogens is 206 g/mol. The lowest BCUT2D eigenvalue weighted by Gasteiger charge is -2.02. The Morgan fingerprint density at radius 2 is 2.25 bits per heavy atom. The van der Waals surface area contributed by atoms with Crippen LogP contribution in [0.3, 0.4) is 0 Å². The molecule has 0 aliphatic rings. The number of hydrogen-bond acceptors (Lipinski definition) is 4. The highest BCUT2D eigenvalue weighted by molar-refractivity contribution is 5.92. The molecule has 16 heavy (non-hydrogen) atoms. The van der Waals surface area contributed by atoms with Crippen molar-refractivity contribution in [3.8, 4) is 6.07 Å². The number of ether oxygens (including phenoxy) is 1. The average molecular weight is 215 g/mol. The van der Waals surface area contributed by atoms with Crippen molar-refractivity contribution in [3.63, 3.8) is 0 Å². The monoisotopic (exact) mass is 215 g/mol. The first-order valence-electron chi connectivity index (χ1n) is 4.80. The first kappa shape index (κ1) is 10.2. The molecule has 2 rings (SSSR count). The molecule has 0 unspecified atom stereocenters. The maximum Gasteiger partial charge on any atom is 0.375 e. The van der Waals surface area contributed by atoms with Crippen molar-refractivity contribution >= 4 is 16.9 Å². The molecule has 0 amide bonds. The van der Waals surface area contributed by atoms with E-state index >= 15 is 0 Å². The number of nitriles is 1. The highest BCUT2D eigenvalue weighted by Gasteiger charge is 2.15. The van der Waals surface area contributed by atoms with Crippen molar-refractivity contribution in [3.05, 3.63) is 36.1 Å². The molecule has 0 radical (unpaired) electrons. The van der Waals surface area contributed by atoms with Crippen LogP contribution in [0.25, 0.3) is 11.0 Å². The number of furan rings is 1. The third-order valence-corrected chi connectivity index (χ3v) is 2.09. The number of fused-ring (bicyclic) bond motifs is 1. The highest BCUT2D eigenvalue weighted by atomic mass is 16.6. The lowest BCUT2D eigenvalue weighted by molar-refractivity contribution is 0.0401. The summed E-state index contributed by atoms with van der Waals surface area (Å²) in [5, 5.41) is 9.34. The maximum atomic E-state index is 11.5. The van der Waals surface area contributed by atoms with Gasteiger partial charge in [-0.1, -0.05) is 18.2 Å². The molecule has 4 nitrogen and oxygen atoms in total. The van der Waals surface area contributed by atoms with Crippen molar-refractivity contribution in [2.45, 2.75) is 13.0 Å². The zero-order valence-corrected chi connectivity index (χ0v) is 8.64. The smallest absolute Gasteiger partial charge is 0.375 e. The molecule has 0 N–H and O–H groups in total. The van der Waals surface area contributed by atoms with E-state index in [9.17, 15) is 4.79 Å². The van der Waals surface area contributed by atoms with E-state index in [1.54, 1.807) is 12.1 Å². The van der Waals surface area contributed by atoms with Crippen molar-refractivity contribution < 1.29 is 13.9 Å². The summed E-state index contributed by atoms with van der Waals surface area (Å²) in [6, 6.07) is 10.7. The zero-order valence-electron chi connectivity index (χ0n) is 8.64. The number of nitrogens with zero attached hydrogens (tertiary/aromatic N) is 1. The van der Waals surface area contributed by atoms with Crippen LogP contribution in [-0.2, 0) is 4.74 Å². The number of carbonyl (C=O) groups excluding carboxylic acids is 1. The van der Waals surface area contributed by atoms with E-state index < -0.39 is 12.1 Å². The summed E-state index contributed by atoms with van der Waals surface area (Å²) in [5.74, 6) is -0.506. The van der Waals surface area contributed by atoms with Crippen LogP contribution in [0.1, 0.15) is 17.5 Å². The SMILES string of the molecule is C[C@H](C#N)OC(=O)c1cc2ccccc2o1. The molecular formula is C12H9NO3. The number of esters is 1. The summed E-state index contributed by atoms with van der Waals surface area (Å²) in [7, 11) is 0. The second-order valence-electron chi connectivity index (χ2n) is 3.33. The molecule has 4 heteroatoms. The third kappa shape index (κ3) is 1.89. The largest absolute Gasteiger partial charge is 0.449 e. The Morgan fingerprint density at radius 1 is 1.50 bits per heavy atom. The van der Waals surface area contributed by atoms with Gasteiger partial charge in [0.05, 0.1) is 0 Å². The number of rotatable bonds is 2. The van der Waals surface area contributed by atoms with E-state index in [-0.39, 0.29) is 5.76 Å². The fourth-order valence-corrected chi connectivity index (χ4v) is 1.33. The minimum atomic E-state index is -0.777. The predicted octanol–water partition coefficient (Wildman–Crippen LogP) is 2.50. The van der Waals surface area contributed by atoms with Gasteiger partial charge in [-0.05, 0) is 19.1 Å². The number of hydrogen-bond donors (Lipinski definition) is 0. The Balaban J connectivity index is 2.27. The molecule has 0 fully saturated rings. The van der Waals surface area contributed by atoms with Crippen LogP contribution in [0.4, 0.5) is 0 Å². The van der Waals surface area contributed by atoms with Crippen molar-refractivity contribution in [1.82, 2.24) is 0 Å². The number of para-hydroxylation sites is 1. The average Bonchev–Trinajstić information content (AvgIpc) is 2.72. The quantitative estimate of drug-likeness (QED) is 0.722. The van der Waals surface area contributed by atoms with Crippen LogP contribution in [0.5, 0.6) is 0 Å². The molecule has 0 aliphatic carbocycles. The molecule has 80 valence electrons. The topological polar surface area (TPSA) is 63.2 Å². The molecule has 1 aromatic carbocycles. The summed E-state index contributed by atoms with van der Waals surface area (Å²) < 4.78 is 10.1. The van der Waals surface area contributed by atoms with E-state index in [1.807, 2.05) is 24.3 Å². The Labute approximate surface area is 92.0 Å². The molecule has 1 heterocycles. The lowest BCUT2D eigenvalue weighted by Crippen LogP contribution is -2.12. The Morgan fingerprint density at radius 3 is 2.94 bits per heavy atom. The summed E-state index contributed by atoms with van der Waals surface area (Å²) in [4.78, 5) is 11.5. The summed E-state index contributed by atoms with van der Waals surface area (Å²) in [6.07, 6.45) is -0.777. The summed E-state index contributed by atoms with van der Waals surface area (Å²) >= 11 is 0. The zero-order chi connectivity index (χ0) is 11.5. The molecule has 0 spiro atoms. The third-order valence-electron chi connectivity index (χ3n) is 2.09. The van der Waals surface area contributed by atoms with Gasteiger partial charge in [-0.3, -0.25) is 0 Å². The Bertz CT molecular complexity index is 532. The van der Waals surface area contributed by atoms with Gasteiger partial charge in [0, 0.05) is 5.39 Å². The van der Waals surface area contributed by atoms with E-state index in [4.69, 9.17) is 14.4 Å². The van der Waals surface area contributed by atoms with Gasteiger partial charge >= 0.3 is 5.97 Å². The molecule has 0 saturated heterocycles. The van der Waals surface area contributed by atoms with Gasteiger partial charge in [-0.25, -0.2) is 4.79 Å². The van der Waals surface area contributed by atoms with Crippen LogP contribution in [-0.4, -0.2) is 12.1 Å². The standard InChI is InChI=1S/C12H9NO3/c1-8(7-13)15-12(14)11-6-9-4-2-3-5-10(9)16-11/h2-6,8H,1H3/t8-/m1/s1. The second-order valence-corrected chi connectivity index (χ2v) is 3.33. The van der Waals surface area contributed by atoms with E-state index in [0.717, 1.165) is 5.39 Å². The van der Waals surface area contributed by atoms with Crippen LogP contribution in [0.2, 0.25) is 0 Å². The Kier molecular flexibility index (Phi) is 2.61. The Hall–Kier alpha value is -2.28.